The van der Waals surface area contributed by atoms with Gasteiger partial charge in [-0.15, -0.1) is 11.3 Å². The molecule has 2 aromatic heterocycles. The summed E-state index contributed by atoms with van der Waals surface area (Å²) in [5, 5.41) is 2.20. The fourth-order valence-electron chi connectivity index (χ4n) is 1.03. The van der Waals surface area contributed by atoms with E-state index < -0.39 is 0 Å². The van der Waals surface area contributed by atoms with Gasteiger partial charge in [0.1, 0.15) is 5.82 Å². The van der Waals surface area contributed by atoms with Crippen molar-refractivity contribution in [3.8, 4) is 0 Å². The highest BCUT2D eigenvalue weighted by Crippen LogP contribution is 2.28. The van der Waals surface area contributed by atoms with Crippen LogP contribution in [0, 0.1) is 6.92 Å². The topological polar surface area (TPSA) is 51.8 Å². The van der Waals surface area contributed by atoms with Gasteiger partial charge < -0.3 is 5.73 Å². The van der Waals surface area contributed by atoms with Crippen molar-refractivity contribution in [2.75, 3.05) is 5.73 Å². The number of rotatable bonds is 0. The molecule has 0 aliphatic heterocycles. The third kappa shape index (κ3) is 1.04. The number of aryl methyl sites for hydroxylation is 1. The highest BCUT2D eigenvalue weighted by molar-refractivity contribution is 7.17. The Hall–Kier alpha value is -0.870. The summed E-state index contributed by atoms with van der Waals surface area (Å²) in [5.41, 5.74) is 7.59. The molecule has 0 aliphatic carbocycles. The Morgan fingerprint density at radius 2 is 2.25 bits per heavy atom. The molecular formula is C7H6ClN3S. The van der Waals surface area contributed by atoms with E-state index in [9.17, 15) is 0 Å². The van der Waals surface area contributed by atoms with Crippen molar-refractivity contribution in [1.82, 2.24) is 9.97 Å². The van der Waals surface area contributed by atoms with Crippen LogP contribution in [0.3, 0.4) is 0 Å². The summed E-state index contributed by atoms with van der Waals surface area (Å²) in [6, 6.07) is 0. The Bertz CT molecular complexity index is 437. The zero-order valence-corrected chi connectivity index (χ0v) is 7.91. The highest BCUT2D eigenvalue weighted by atomic mass is 35.5. The maximum atomic E-state index is 5.66. The van der Waals surface area contributed by atoms with Crippen LogP contribution in [-0.2, 0) is 0 Å². The third-order valence-electron chi connectivity index (χ3n) is 1.59. The number of hydrogen-bond acceptors (Lipinski definition) is 4. The van der Waals surface area contributed by atoms with Crippen molar-refractivity contribution < 1.29 is 0 Å². The predicted octanol–water partition coefficient (Wildman–Crippen LogP) is 2.24. The summed E-state index contributed by atoms with van der Waals surface area (Å²) < 4.78 is 0.914. The molecule has 62 valence electrons. The van der Waals surface area contributed by atoms with Crippen molar-refractivity contribution in [2.45, 2.75) is 6.92 Å². The molecule has 0 radical (unpaired) electrons. The van der Waals surface area contributed by atoms with Gasteiger partial charge in [-0.25, -0.2) is 4.98 Å². The first kappa shape index (κ1) is 7.76. The number of nitrogen functional groups attached to an aromatic ring is 1. The fourth-order valence-corrected chi connectivity index (χ4v) is 2.09. The van der Waals surface area contributed by atoms with Crippen LogP contribution >= 0.6 is 22.9 Å². The smallest absolute Gasteiger partial charge is 0.224 e. The second-order valence-electron chi connectivity index (χ2n) is 2.47. The molecule has 2 aromatic rings. The van der Waals surface area contributed by atoms with Crippen molar-refractivity contribution in [3.63, 3.8) is 0 Å². The standard InChI is InChI=1S/C7H6ClN3S/c1-3-2-12-5-4(3)10-7(8)11-6(5)9/h2H,1H3,(H2,9,10,11). The molecule has 0 amide bonds. The summed E-state index contributed by atoms with van der Waals surface area (Å²) in [6.07, 6.45) is 0. The van der Waals surface area contributed by atoms with E-state index in [1.54, 1.807) is 11.3 Å². The number of thiophene rings is 1. The average Bonchev–Trinajstić information content (AvgIpc) is 2.33. The van der Waals surface area contributed by atoms with Crippen LogP contribution in [0.4, 0.5) is 5.82 Å². The lowest BCUT2D eigenvalue weighted by atomic mass is 10.3. The van der Waals surface area contributed by atoms with Gasteiger partial charge in [-0.1, -0.05) is 0 Å². The van der Waals surface area contributed by atoms with Crippen LogP contribution in [0.5, 0.6) is 0 Å². The third-order valence-corrected chi connectivity index (χ3v) is 2.87. The lowest BCUT2D eigenvalue weighted by Gasteiger charge is -1.95. The maximum absolute atomic E-state index is 5.66. The lowest BCUT2D eigenvalue weighted by molar-refractivity contribution is 1.23. The van der Waals surface area contributed by atoms with Crippen LogP contribution in [0.1, 0.15) is 5.56 Å². The Kier molecular flexibility index (Phi) is 1.66. The van der Waals surface area contributed by atoms with Crippen LogP contribution in [0.25, 0.3) is 10.2 Å². The Morgan fingerprint density at radius 1 is 1.50 bits per heavy atom. The number of aromatic nitrogens is 2. The van der Waals surface area contributed by atoms with E-state index in [1.807, 2.05) is 12.3 Å². The first-order chi connectivity index (χ1) is 5.68. The highest BCUT2D eigenvalue weighted by Gasteiger charge is 2.07. The quantitative estimate of drug-likeness (QED) is 0.662. The van der Waals surface area contributed by atoms with Gasteiger partial charge in [0.15, 0.2) is 0 Å². The molecule has 2 N–H and O–H groups in total. The zero-order chi connectivity index (χ0) is 8.72. The summed E-state index contributed by atoms with van der Waals surface area (Å²) in [4.78, 5) is 7.94. The second kappa shape index (κ2) is 2.57. The first-order valence-corrected chi connectivity index (χ1v) is 4.61. The molecule has 0 aliphatic rings. The molecule has 0 saturated carbocycles. The van der Waals surface area contributed by atoms with Crippen molar-refractivity contribution >= 4 is 39.0 Å². The van der Waals surface area contributed by atoms with E-state index in [2.05, 4.69) is 9.97 Å². The predicted molar refractivity (Wildman–Crippen MR) is 51.6 cm³/mol. The minimum Gasteiger partial charge on any atom is -0.382 e. The number of hydrogen-bond donors (Lipinski definition) is 1. The summed E-state index contributed by atoms with van der Waals surface area (Å²) in [6.45, 7) is 1.97. The van der Waals surface area contributed by atoms with E-state index in [0.717, 1.165) is 15.8 Å². The van der Waals surface area contributed by atoms with Gasteiger partial charge in [-0.2, -0.15) is 4.98 Å². The molecule has 0 aromatic carbocycles. The monoisotopic (exact) mass is 199 g/mol. The summed E-state index contributed by atoms with van der Waals surface area (Å²) in [7, 11) is 0. The van der Waals surface area contributed by atoms with Crippen molar-refractivity contribution in [1.29, 1.82) is 0 Å². The van der Waals surface area contributed by atoms with E-state index in [4.69, 9.17) is 17.3 Å². The molecule has 0 saturated heterocycles. The summed E-state index contributed by atoms with van der Waals surface area (Å²) in [5.74, 6) is 0.461. The molecule has 0 atom stereocenters. The number of nitrogens with two attached hydrogens (primary N) is 1. The van der Waals surface area contributed by atoms with Gasteiger partial charge in [0, 0.05) is 0 Å². The van der Waals surface area contributed by atoms with Gasteiger partial charge in [0.2, 0.25) is 5.28 Å². The normalized spacial score (nSPS) is 10.8. The van der Waals surface area contributed by atoms with E-state index in [-0.39, 0.29) is 5.28 Å². The molecule has 0 unspecified atom stereocenters. The van der Waals surface area contributed by atoms with E-state index >= 15 is 0 Å². The van der Waals surface area contributed by atoms with Gasteiger partial charge in [0.05, 0.1) is 10.2 Å². The van der Waals surface area contributed by atoms with Gasteiger partial charge in [0.25, 0.3) is 0 Å². The molecular weight excluding hydrogens is 194 g/mol. The lowest BCUT2D eigenvalue weighted by Crippen LogP contribution is -1.92. The number of halogens is 1. The molecule has 2 rings (SSSR count). The number of fused-ring (bicyclic) bond motifs is 1. The van der Waals surface area contributed by atoms with Crippen molar-refractivity contribution in [3.05, 3.63) is 16.2 Å². The maximum Gasteiger partial charge on any atom is 0.224 e. The van der Waals surface area contributed by atoms with Crippen LogP contribution in [-0.4, -0.2) is 9.97 Å². The first-order valence-electron chi connectivity index (χ1n) is 3.35. The molecule has 0 bridgehead atoms. The summed E-state index contributed by atoms with van der Waals surface area (Å²) >= 11 is 7.20. The van der Waals surface area contributed by atoms with Gasteiger partial charge >= 0.3 is 0 Å². The fraction of sp³-hybridized carbons (Fsp3) is 0.143. The molecule has 2 heterocycles. The molecule has 3 nitrogen and oxygen atoms in total. The Labute approximate surface area is 78.2 Å². The SMILES string of the molecule is Cc1csc2c(N)nc(Cl)nc12. The van der Waals surface area contributed by atoms with Gasteiger partial charge in [-0.05, 0) is 29.5 Å². The number of nitrogens with zero attached hydrogens (tertiary/aromatic N) is 2. The van der Waals surface area contributed by atoms with Gasteiger partial charge in [-0.3, -0.25) is 0 Å². The van der Waals surface area contributed by atoms with E-state index in [1.165, 1.54) is 0 Å². The Morgan fingerprint density at radius 3 is 3.00 bits per heavy atom. The van der Waals surface area contributed by atoms with Crippen molar-refractivity contribution in [2.24, 2.45) is 0 Å². The Balaban J connectivity index is 2.92. The van der Waals surface area contributed by atoms with Crippen LogP contribution < -0.4 is 5.73 Å². The zero-order valence-electron chi connectivity index (χ0n) is 6.34. The molecule has 5 heteroatoms. The minimum absolute atomic E-state index is 0.210. The molecule has 12 heavy (non-hydrogen) atoms. The number of anilines is 1. The minimum atomic E-state index is 0.210. The second-order valence-corrected chi connectivity index (χ2v) is 3.69. The average molecular weight is 200 g/mol. The van der Waals surface area contributed by atoms with Crippen LogP contribution in [0.15, 0.2) is 5.38 Å². The van der Waals surface area contributed by atoms with E-state index in [0.29, 0.717) is 5.82 Å². The molecule has 0 fully saturated rings. The largest absolute Gasteiger partial charge is 0.382 e. The van der Waals surface area contributed by atoms with Crippen LogP contribution in [0.2, 0.25) is 5.28 Å². The molecule has 0 spiro atoms.